The average Bonchev–Trinajstić information content (AvgIpc) is 3.28. The Balaban J connectivity index is 1.20. The molecule has 0 amide bonds. The minimum absolute atomic E-state index is 0.0170. The van der Waals surface area contributed by atoms with Crippen molar-refractivity contribution >= 4 is 16.0 Å². The van der Waals surface area contributed by atoms with Gasteiger partial charge in [-0.25, -0.2) is 23.1 Å². The van der Waals surface area contributed by atoms with Crippen LogP contribution in [0.15, 0.2) is 41.6 Å². The van der Waals surface area contributed by atoms with E-state index in [0.717, 1.165) is 18.8 Å². The molecule has 1 spiro atoms. The molecule has 1 aromatic heterocycles. The van der Waals surface area contributed by atoms with Gasteiger partial charge in [-0.2, -0.15) is 13.2 Å². The minimum atomic E-state index is -4.47. The summed E-state index contributed by atoms with van der Waals surface area (Å²) in [5, 5.41) is 13.6. The summed E-state index contributed by atoms with van der Waals surface area (Å²) >= 11 is 0. The highest BCUT2D eigenvalue weighted by Crippen LogP contribution is 2.37. The van der Waals surface area contributed by atoms with Crippen LogP contribution in [0.5, 0.6) is 5.75 Å². The summed E-state index contributed by atoms with van der Waals surface area (Å²) in [5.74, 6) is 0.607. The molecule has 3 N–H and O–H groups in total. The van der Waals surface area contributed by atoms with E-state index in [2.05, 4.69) is 20.0 Å². The summed E-state index contributed by atoms with van der Waals surface area (Å²) < 4.78 is 76.0. The van der Waals surface area contributed by atoms with Gasteiger partial charge in [0.1, 0.15) is 18.5 Å². The number of aliphatic hydroxyl groups excluding tert-OH is 1. The minimum Gasteiger partial charge on any atom is -0.491 e. The molecule has 2 aliphatic heterocycles. The second-order valence-electron chi connectivity index (χ2n) is 9.21. The van der Waals surface area contributed by atoms with Crippen LogP contribution in [0.3, 0.4) is 0 Å². The van der Waals surface area contributed by atoms with Crippen molar-refractivity contribution in [1.82, 2.24) is 20.0 Å². The van der Waals surface area contributed by atoms with E-state index in [0.29, 0.717) is 38.3 Å². The monoisotopic (exact) mass is 545 g/mol. The highest BCUT2D eigenvalue weighted by Gasteiger charge is 2.43. The topological polar surface area (TPSA) is 126 Å². The van der Waals surface area contributed by atoms with Crippen molar-refractivity contribution in [3.05, 3.63) is 42.2 Å². The number of nitrogens with zero attached hydrogens (tertiary/aromatic N) is 3. The van der Waals surface area contributed by atoms with E-state index in [-0.39, 0.29) is 35.6 Å². The van der Waals surface area contributed by atoms with E-state index >= 15 is 0 Å². The average molecular weight is 546 g/mol. The van der Waals surface area contributed by atoms with Crippen molar-refractivity contribution in [1.29, 1.82) is 0 Å². The molecule has 2 aromatic rings. The van der Waals surface area contributed by atoms with Gasteiger partial charge < -0.3 is 24.8 Å². The third-order valence-corrected chi connectivity index (χ3v) is 8.01. The van der Waals surface area contributed by atoms with Crippen LogP contribution in [0.4, 0.5) is 19.1 Å². The molecule has 2 aliphatic rings. The molecule has 0 radical (unpaired) electrons. The molecule has 3 heterocycles. The zero-order valence-corrected chi connectivity index (χ0v) is 21.1. The van der Waals surface area contributed by atoms with E-state index in [4.69, 9.17) is 9.47 Å². The number of piperidine rings is 1. The molecule has 0 aliphatic carbocycles. The van der Waals surface area contributed by atoms with Crippen LogP contribution in [-0.2, 0) is 20.9 Å². The lowest BCUT2D eigenvalue weighted by atomic mass is 9.87. The van der Waals surface area contributed by atoms with E-state index in [1.54, 1.807) is 12.1 Å². The van der Waals surface area contributed by atoms with Gasteiger partial charge in [0.2, 0.25) is 16.0 Å². The standard InChI is InChI=1S/C23H30F3N5O5S/c1-27-37(33,34)20-4-2-3-19(9-20)35-15-18(32)13-28-17-10-22(36-14-17)5-7-31(8-6-22)21-29-11-16(12-30-21)23(24,25)26/h2-4,9,11-12,17-18,27-28,32H,5-8,10,13-15H2,1H3/t17?,18-/m0/s1. The number of anilines is 1. The van der Waals surface area contributed by atoms with Crippen molar-refractivity contribution < 1.29 is 36.2 Å². The van der Waals surface area contributed by atoms with Gasteiger partial charge in [0.15, 0.2) is 0 Å². The van der Waals surface area contributed by atoms with Crippen LogP contribution in [0.25, 0.3) is 0 Å². The molecule has 0 saturated carbocycles. The maximum atomic E-state index is 12.7. The fourth-order valence-corrected chi connectivity index (χ4v) is 5.24. The summed E-state index contributed by atoms with van der Waals surface area (Å²) in [4.78, 5) is 9.68. The van der Waals surface area contributed by atoms with Crippen molar-refractivity contribution in [2.24, 2.45) is 0 Å². The van der Waals surface area contributed by atoms with Crippen LogP contribution < -0.4 is 19.7 Å². The van der Waals surface area contributed by atoms with E-state index in [1.807, 2.05) is 4.90 Å². The Morgan fingerprint density at radius 3 is 2.62 bits per heavy atom. The van der Waals surface area contributed by atoms with Crippen LogP contribution in [0.1, 0.15) is 24.8 Å². The molecule has 0 bridgehead atoms. The lowest BCUT2D eigenvalue weighted by Gasteiger charge is -2.38. The molecule has 2 atom stereocenters. The number of ether oxygens (including phenoxy) is 2. The smallest absolute Gasteiger partial charge is 0.419 e. The first-order valence-electron chi connectivity index (χ1n) is 11.9. The Kier molecular flexibility index (Phi) is 8.23. The lowest BCUT2D eigenvalue weighted by molar-refractivity contribution is -0.138. The predicted octanol–water partition coefficient (Wildman–Crippen LogP) is 1.56. The van der Waals surface area contributed by atoms with Gasteiger partial charge in [-0.05, 0) is 38.4 Å². The summed E-state index contributed by atoms with van der Waals surface area (Å²) in [6.07, 6.45) is -1.57. The quantitative estimate of drug-likeness (QED) is 0.430. The predicted molar refractivity (Wildman–Crippen MR) is 128 cm³/mol. The number of aromatic nitrogens is 2. The molecule has 37 heavy (non-hydrogen) atoms. The molecule has 204 valence electrons. The Hall–Kier alpha value is -2.52. The highest BCUT2D eigenvalue weighted by molar-refractivity contribution is 7.89. The molecular weight excluding hydrogens is 515 g/mol. The second-order valence-corrected chi connectivity index (χ2v) is 11.1. The summed E-state index contributed by atoms with van der Waals surface area (Å²) in [5.41, 5.74) is -1.21. The zero-order valence-electron chi connectivity index (χ0n) is 20.2. The van der Waals surface area contributed by atoms with Crippen molar-refractivity contribution in [2.45, 2.75) is 48.1 Å². The molecule has 10 nitrogen and oxygen atoms in total. The van der Waals surface area contributed by atoms with E-state index in [9.17, 15) is 26.7 Å². The van der Waals surface area contributed by atoms with Crippen molar-refractivity contribution in [2.75, 3.05) is 44.8 Å². The Morgan fingerprint density at radius 2 is 1.97 bits per heavy atom. The van der Waals surface area contributed by atoms with Gasteiger partial charge in [0.05, 0.1) is 22.7 Å². The number of benzene rings is 1. The second kappa shape index (κ2) is 11.1. The number of sulfonamides is 1. The van der Waals surface area contributed by atoms with Crippen molar-refractivity contribution in [3.8, 4) is 5.75 Å². The molecule has 1 unspecified atom stereocenters. The van der Waals surface area contributed by atoms with E-state index < -0.39 is 27.9 Å². The molecule has 2 saturated heterocycles. The number of rotatable bonds is 9. The molecule has 4 rings (SSSR count). The number of nitrogens with one attached hydrogen (secondary N) is 2. The number of halogens is 3. The summed E-state index contributed by atoms with van der Waals surface area (Å²) in [6.45, 7) is 1.86. The number of hydrogen-bond donors (Lipinski definition) is 3. The third-order valence-electron chi connectivity index (χ3n) is 6.60. The van der Waals surface area contributed by atoms with Gasteiger partial charge in [-0.3, -0.25) is 0 Å². The first kappa shape index (κ1) is 27.5. The number of hydrogen-bond acceptors (Lipinski definition) is 9. The van der Waals surface area contributed by atoms with Gasteiger partial charge in [0.25, 0.3) is 0 Å². The van der Waals surface area contributed by atoms with Gasteiger partial charge in [-0.15, -0.1) is 0 Å². The highest BCUT2D eigenvalue weighted by atomic mass is 32.2. The van der Waals surface area contributed by atoms with Gasteiger partial charge in [0, 0.05) is 44.1 Å². The van der Waals surface area contributed by atoms with Crippen molar-refractivity contribution in [3.63, 3.8) is 0 Å². The maximum absolute atomic E-state index is 12.7. The number of aliphatic hydroxyl groups is 1. The first-order valence-corrected chi connectivity index (χ1v) is 13.3. The lowest BCUT2D eigenvalue weighted by Crippen LogP contribution is -2.45. The maximum Gasteiger partial charge on any atom is 0.419 e. The van der Waals surface area contributed by atoms with Crippen LogP contribution >= 0.6 is 0 Å². The van der Waals surface area contributed by atoms with E-state index in [1.165, 1.54) is 19.2 Å². The summed E-state index contributed by atoms with van der Waals surface area (Å²) in [6, 6.07) is 6.06. The molecule has 1 aromatic carbocycles. The van der Waals surface area contributed by atoms with Crippen LogP contribution in [-0.4, -0.2) is 81.1 Å². The third kappa shape index (κ3) is 6.87. The Bertz CT molecular complexity index is 1160. The normalized spacial score (nSPS) is 20.8. The number of alkyl halides is 3. The van der Waals surface area contributed by atoms with Gasteiger partial charge >= 0.3 is 6.18 Å². The zero-order chi connectivity index (χ0) is 26.7. The largest absolute Gasteiger partial charge is 0.491 e. The van der Waals surface area contributed by atoms with Gasteiger partial charge in [-0.1, -0.05) is 6.07 Å². The fourth-order valence-electron chi connectivity index (χ4n) is 4.47. The fraction of sp³-hybridized carbons (Fsp3) is 0.565. The van der Waals surface area contributed by atoms with Crippen LogP contribution in [0, 0.1) is 0 Å². The molecule has 2 fully saturated rings. The SMILES string of the molecule is CNS(=O)(=O)c1cccc(OC[C@@H](O)CNC2COC3(CCN(c4ncc(C(F)(F)F)cn4)CC3)C2)c1. The Labute approximate surface area is 213 Å². The first-order chi connectivity index (χ1) is 17.5. The molecular formula is C23H30F3N5O5S. The molecule has 14 heteroatoms. The summed E-state index contributed by atoms with van der Waals surface area (Å²) in [7, 11) is -2.26. The Morgan fingerprint density at radius 1 is 1.27 bits per heavy atom. The van der Waals surface area contributed by atoms with Crippen LogP contribution in [0.2, 0.25) is 0 Å².